The largest absolute Gasteiger partial charge is 0.481 e. The molecule has 0 spiro atoms. The molecule has 0 atom stereocenters. The summed E-state index contributed by atoms with van der Waals surface area (Å²) < 4.78 is 0. The van der Waals surface area contributed by atoms with Crippen LogP contribution in [0.4, 0.5) is 0 Å². The minimum atomic E-state index is -0.836. The lowest BCUT2D eigenvalue weighted by molar-refractivity contribution is -0.137. The first-order chi connectivity index (χ1) is 9.99. The second-order valence-electron chi connectivity index (χ2n) is 5.36. The first-order valence-electron chi connectivity index (χ1n) is 7.09. The molecule has 2 N–H and O–H groups in total. The van der Waals surface area contributed by atoms with Crippen LogP contribution in [0.3, 0.4) is 0 Å². The van der Waals surface area contributed by atoms with Crippen molar-refractivity contribution >= 4 is 22.8 Å². The smallest absolute Gasteiger partial charge is 0.303 e. The highest BCUT2D eigenvalue weighted by Crippen LogP contribution is 2.17. The number of hydrogen-bond donors (Lipinski definition) is 2. The maximum Gasteiger partial charge on any atom is 0.303 e. The Kier molecular flexibility index (Phi) is 4.62. The zero-order valence-corrected chi connectivity index (χ0v) is 12.3. The van der Waals surface area contributed by atoms with Crippen molar-refractivity contribution in [1.82, 2.24) is 9.88 Å². The topological polar surface area (TPSA) is 73.4 Å². The summed E-state index contributed by atoms with van der Waals surface area (Å²) in [6.07, 6.45) is 0.530. The number of nitrogens with one attached hydrogen (secondary N) is 1. The number of aliphatic carboxylic acids is 1. The van der Waals surface area contributed by atoms with Gasteiger partial charge in [-0.2, -0.15) is 0 Å². The molecule has 0 unspecified atom stereocenters. The summed E-state index contributed by atoms with van der Waals surface area (Å²) in [4.78, 5) is 28.0. The van der Waals surface area contributed by atoms with Crippen LogP contribution < -0.4 is 0 Å². The summed E-state index contributed by atoms with van der Waals surface area (Å²) in [6, 6.07) is 9.59. The number of fused-ring (bicyclic) bond motifs is 1. The van der Waals surface area contributed by atoms with Gasteiger partial charge in [-0.15, -0.1) is 0 Å². The van der Waals surface area contributed by atoms with Gasteiger partial charge in [0.15, 0.2) is 0 Å². The van der Waals surface area contributed by atoms with E-state index in [-0.39, 0.29) is 18.4 Å². The second kappa shape index (κ2) is 6.43. The molecule has 0 fully saturated rings. The van der Waals surface area contributed by atoms with Gasteiger partial charge >= 0.3 is 5.97 Å². The summed E-state index contributed by atoms with van der Waals surface area (Å²) in [6.45, 7) is 4.31. The van der Waals surface area contributed by atoms with Crippen LogP contribution in [-0.4, -0.2) is 39.5 Å². The van der Waals surface area contributed by atoms with Gasteiger partial charge in [-0.05, 0) is 32.4 Å². The lowest BCUT2D eigenvalue weighted by atomic mass is 10.2. The standard InChI is InChI=1S/C16H20N2O3/c1-11(2)18(9-5-8-15(19)20)16(21)14-10-12-6-3-4-7-13(12)17-14/h3-4,6-7,10-11,17H,5,8-9H2,1-2H3,(H,19,20). The van der Waals surface area contributed by atoms with Crippen molar-refractivity contribution in [3.8, 4) is 0 Å². The van der Waals surface area contributed by atoms with Crippen molar-refractivity contribution < 1.29 is 14.7 Å². The van der Waals surface area contributed by atoms with Gasteiger partial charge in [0.2, 0.25) is 0 Å². The van der Waals surface area contributed by atoms with E-state index in [9.17, 15) is 9.59 Å². The molecular weight excluding hydrogens is 268 g/mol. The van der Waals surface area contributed by atoms with Crippen molar-refractivity contribution in [2.24, 2.45) is 0 Å². The van der Waals surface area contributed by atoms with Crippen LogP contribution in [0.1, 0.15) is 37.2 Å². The number of carboxylic acids is 1. The molecule has 21 heavy (non-hydrogen) atoms. The Bertz CT molecular complexity index is 613. The molecule has 0 aliphatic heterocycles. The SMILES string of the molecule is CC(C)N(CCCC(=O)O)C(=O)c1cc2ccccc2[nH]1. The first-order valence-corrected chi connectivity index (χ1v) is 7.09. The lowest BCUT2D eigenvalue weighted by Crippen LogP contribution is -2.38. The predicted octanol–water partition coefficient (Wildman–Crippen LogP) is 2.88. The van der Waals surface area contributed by atoms with Crippen molar-refractivity contribution in [2.75, 3.05) is 6.54 Å². The number of H-pyrrole nitrogens is 1. The minimum absolute atomic E-state index is 0.0257. The van der Waals surface area contributed by atoms with Crippen LogP contribution in [0.25, 0.3) is 10.9 Å². The molecule has 2 rings (SSSR count). The number of aromatic nitrogens is 1. The number of para-hydroxylation sites is 1. The molecule has 1 aromatic carbocycles. The highest BCUT2D eigenvalue weighted by Gasteiger charge is 2.20. The normalized spacial score (nSPS) is 11.0. The van der Waals surface area contributed by atoms with E-state index in [1.807, 2.05) is 44.2 Å². The van der Waals surface area contributed by atoms with E-state index < -0.39 is 5.97 Å². The monoisotopic (exact) mass is 288 g/mol. The van der Waals surface area contributed by atoms with E-state index in [1.54, 1.807) is 4.90 Å². The Balaban J connectivity index is 2.15. The van der Waals surface area contributed by atoms with Gasteiger partial charge in [-0.1, -0.05) is 18.2 Å². The maximum atomic E-state index is 12.6. The molecule has 0 aliphatic carbocycles. The number of carboxylic acid groups (broad SMARTS) is 1. The number of amides is 1. The third-order valence-corrected chi connectivity index (χ3v) is 3.43. The molecule has 1 heterocycles. The molecule has 0 saturated carbocycles. The Morgan fingerprint density at radius 3 is 2.62 bits per heavy atom. The van der Waals surface area contributed by atoms with Crippen LogP contribution in [0, 0.1) is 0 Å². The molecule has 0 aliphatic rings. The second-order valence-corrected chi connectivity index (χ2v) is 5.36. The van der Waals surface area contributed by atoms with E-state index >= 15 is 0 Å². The zero-order chi connectivity index (χ0) is 15.4. The summed E-state index contributed by atoms with van der Waals surface area (Å²) in [7, 11) is 0. The molecular formula is C16H20N2O3. The van der Waals surface area contributed by atoms with Gasteiger partial charge in [-0.3, -0.25) is 9.59 Å². The molecule has 2 aromatic rings. The number of nitrogens with zero attached hydrogens (tertiary/aromatic N) is 1. The predicted molar refractivity (Wildman–Crippen MR) is 81.3 cm³/mol. The van der Waals surface area contributed by atoms with Crippen LogP contribution in [-0.2, 0) is 4.79 Å². The summed E-state index contributed by atoms with van der Waals surface area (Å²) in [5.41, 5.74) is 1.47. The van der Waals surface area contributed by atoms with Gasteiger partial charge in [0.1, 0.15) is 5.69 Å². The lowest BCUT2D eigenvalue weighted by Gasteiger charge is -2.26. The van der Waals surface area contributed by atoms with Crippen LogP contribution in [0.5, 0.6) is 0 Å². The quantitative estimate of drug-likeness (QED) is 0.858. The van der Waals surface area contributed by atoms with Crippen LogP contribution in [0.2, 0.25) is 0 Å². The number of carbonyl (C=O) groups excluding carboxylic acids is 1. The van der Waals surface area contributed by atoms with Gasteiger partial charge in [0.25, 0.3) is 5.91 Å². The molecule has 0 radical (unpaired) electrons. The number of benzene rings is 1. The van der Waals surface area contributed by atoms with Crippen LogP contribution in [0.15, 0.2) is 30.3 Å². The highest BCUT2D eigenvalue weighted by molar-refractivity contribution is 5.98. The Morgan fingerprint density at radius 2 is 2.00 bits per heavy atom. The van der Waals surface area contributed by atoms with Gasteiger partial charge < -0.3 is 15.0 Å². The van der Waals surface area contributed by atoms with Crippen LogP contribution >= 0.6 is 0 Å². The highest BCUT2D eigenvalue weighted by atomic mass is 16.4. The molecule has 112 valence electrons. The molecule has 1 aromatic heterocycles. The zero-order valence-electron chi connectivity index (χ0n) is 12.3. The van der Waals surface area contributed by atoms with Crippen molar-refractivity contribution in [3.63, 3.8) is 0 Å². The molecule has 5 heteroatoms. The third kappa shape index (κ3) is 3.62. The summed E-state index contributed by atoms with van der Waals surface area (Å²) in [5, 5.41) is 9.70. The summed E-state index contributed by atoms with van der Waals surface area (Å²) >= 11 is 0. The van der Waals surface area contributed by atoms with Crippen molar-refractivity contribution in [3.05, 3.63) is 36.0 Å². The first kappa shape index (κ1) is 15.1. The number of carbonyl (C=O) groups is 2. The molecule has 0 saturated heterocycles. The van der Waals surface area contributed by atoms with Gasteiger partial charge in [0.05, 0.1) is 0 Å². The molecule has 0 bridgehead atoms. The van der Waals surface area contributed by atoms with E-state index in [2.05, 4.69) is 4.98 Å². The maximum absolute atomic E-state index is 12.6. The van der Waals surface area contributed by atoms with E-state index in [4.69, 9.17) is 5.11 Å². The summed E-state index contributed by atoms with van der Waals surface area (Å²) in [5.74, 6) is -0.927. The van der Waals surface area contributed by atoms with E-state index in [0.29, 0.717) is 18.7 Å². The van der Waals surface area contributed by atoms with E-state index in [0.717, 1.165) is 10.9 Å². The Labute approximate surface area is 123 Å². The number of aromatic amines is 1. The fraction of sp³-hybridized carbons (Fsp3) is 0.375. The minimum Gasteiger partial charge on any atom is -0.481 e. The fourth-order valence-electron chi connectivity index (χ4n) is 2.34. The average Bonchev–Trinajstić information content (AvgIpc) is 2.86. The number of rotatable bonds is 6. The van der Waals surface area contributed by atoms with Gasteiger partial charge in [-0.25, -0.2) is 0 Å². The van der Waals surface area contributed by atoms with Gasteiger partial charge in [0, 0.05) is 29.9 Å². The third-order valence-electron chi connectivity index (χ3n) is 3.43. The molecule has 5 nitrogen and oxygen atoms in total. The van der Waals surface area contributed by atoms with Crippen molar-refractivity contribution in [1.29, 1.82) is 0 Å². The van der Waals surface area contributed by atoms with Crippen molar-refractivity contribution in [2.45, 2.75) is 32.7 Å². The Hall–Kier alpha value is -2.30. The fourth-order valence-corrected chi connectivity index (χ4v) is 2.34. The number of hydrogen-bond acceptors (Lipinski definition) is 2. The average molecular weight is 288 g/mol. The Morgan fingerprint density at radius 1 is 1.29 bits per heavy atom. The molecule has 1 amide bonds. The van der Waals surface area contributed by atoms with E-state index in [1.165, 1.54) is 0 Å².